The topological polar surface area (TPSA) is 43.8 Å². The lowest BCUT2D eigenvalue weighted by Gasteiger charge is -2.14. The van der Waals surface area contributed by atoms with Gasteiger partial charge in [-0.2, -0.15) is 5.10 Å². The molecule has 0 spiro atoms. The number of rotatable bonds is 4. The molecule has 2 aromatic rings. The monoisotopic (exact) mass is 293 g/mol. The number of aromatic nitrogens is 2. The summed E-state index contributed by atoms with van der Waals surface area (Å²) in [5.74, 6) is -1.64. The van der Waals surface area contributed by atoms with Crippen molar-refractivity contribution in [3.63, 3.8) is 0 Å². The van der Waals surface area contributed by atoms with Crippen LogP contribution in [-0.2, 0) is 13.5 Å². The third-order valence-electron chi connectivity index (χ3n) is 4.07. The van der Waals surface area contributed by atoms with Gasteiger partial charge in [-0.15, -0.1) is 0 Å². The normalized spacial score (nSPS) is 12.7. The minimum atomic E-state index is -0.831. The van der Waals surface area contributed by atoms with Gasteiger partial charge in [0.05, 0.1) is 5.69 Å². The Bertz CT molecular complexity index is 662. The first-order chi connectivity index (χ1) is 9.82. The standard InChI is InChI=1S/C16H21F2N3/c1-9-5-6-13(16(18)15(9)17)14(19)8-7-12-10(2)20-21(4)11(12)3/h5-6,14H,7-8,19H2,1-4H3. The number of aryl methyl sites for hydroxylation is 3. The lowest BCUT2D eigenvalue weighted by atomic mass is 9.97. The molecule has 2 N–H and O–H groups in total. The zero-order chi connectivity index (χ0) is 15.7. The van der Waals surface area contributed by atoms with Gasteiger partial charge in [0.15, 0.2) is 11.6 Å². The molecule has 0 fully saturated rings. The lowest BCUT2D eigenvalue weighted by Crippen LogP contribution is -2.14. The van der Waals surface area contributed by atoms with Crippen LogP contribution in [0.1, 0.15) is 40.5 Å². The molecule has 0 saturated heterocycles. The molecule has 0 aliphatic heterocycles. The number of hydrogen-bond donors (Lipinski definition) is 1. The fourth-order valence-electron chi connectivity index (χ4n) is 2.58. The number of hydrogen-bond acceptors (Lipinski definition) is 2. The van der Waals surface area contributed by atoms with Crippen LogP contribution in [0, 0.1) is 32.4 Å². The Morgan fingerprint density at radius 2 is 1.86 bits per heavy atom. The molecular weight excluding hydrogens is 272 g/mol. The molecule has 1 atom stereocenters. The highest BCUT2D eigenvalue weighted by atomic mass is 19.2. The molecular formula is C16H21F2N3. The number of nitrogens with two attached hydrogens (primary N) is 1. The van der Waals surface area contributed by atoms with Gasteiger partial charge < -0.3 is 5.73 Å². The Morgan fingerprint density at radius 3 is 2.43 bits per heavy atom. The van der Waals surface area contributed by atoms with Crippen molar-refractivity contribution in [2.45, 2.75) is 39.7 Å². The van der Waals surface area contributed by atoms with Crippen LogP contribution in [-0.4, -0.2) is 9.78 Å². The molecule has 2 rings (SSSR count). The van der Waals surface area contributed by atoms with E-state index in [0.717, 1.165) is 17.0 Å². The Morgan fingerprint density at radius 1 is 1.19 bits per heavy atom. The Balaban J connectivity index is 2.16. The smallest absolute Gasteiger partial charge is 0.163 e. The average Bonchev–Trinajstić information content (AvgIpc) is 2.67. The summed E-state index contributed by atoms with van der Waals surface area (Å²) in [5, 5.41) is 4.35. The van der Waals surface area contributed by atoms with Crippen molar-refractivity contribution in [2.24, 2.45) is 12.8 Å². The van der Waals surface area contributed by atoms with E-state index in [1.54, 1.807) is 12.1 Å². The van der Waals surface area contributed by atoms with Crippen LogP contribution in [0.25, 0.3) is 0 Å². The largest absolute Gasteiger partial charge is 0.324 e. The van der Waals surface area contributed by atoms with Gasteiger partial charge in [0.1, 0.15) is 0 Å². The van der Waals surface area contributed by atoms with Crippen molar-refractivity contribution < 1.29 is 8.78 Å². The molecule has 114 valence electrons. The molecule has 1 heterocycles. The van der Waals surface area contributed by atoms with Gasteiger partial charge in [0.25, 0.3) is 0 Å². The van der Waals surface area contributed by atoms with Crippen molar-refractivity contribution in [1.82, 2.24) is 9.78 Å². The summed E-state index contributed by atoms with van der Waals surface area (Å²) < 4.78 is 29.4. The first kappa shape index (κ1) is 15.6. The van der Waals surface area contributed by atoms with Gasteiger partial charge in [-0.05, 0) is 44.7 Å². The summed E-state index contributed by atoms with van der Waals surface area (Å²) >= 11 is 0. The molecule has 21 heavy (non-hydrogen) atoms. The summed E-state index contributed by atoms with van der Waals surface area (Å²) in [6, 6.07) is 2.61. The van der Waals surface area contributed by atoms with Gasteiger partial charge in [-0.25, -0.2) is 8.78 Å². The molecule has 0 aliphatic rings. The molecule has 0 aliphatic carbocycles. The molecule has 0 bridgehead atoms. The van der Waals surface area contributed by atoms with E-state index in [1.165, 1.54) is 6.92 Å². The van der Waals surface area contributed by atoms with Crippen LogP contribution in [0.15, 0.2) is 12.1 Å². The molecule has 3 nitrogen and oxygen atoms in total. The van der Waals surface area contributed by atoms with Crippen LogP contribution in [0.5, 0.6) is 0 Å². The van der Waals surface area contributed by atoms with E-state index in [0.29, 0.717) is 18.4 Å². The molecule has 1 aromatic heterocycles. The molecule has 5 heteroatoms. The minimum Gasteiger partial charge on any atom is -0.324 e. The maximum Gasteiger partial charge on any atom is 0.163 e. The van der Waals surface area contributed by atoms with E-state index in [-0.39, 0.29) is 5.56 Å². The third-order valence-corrected chi connectivity index (χ3v) is 4.07. The van der Waals surface area contributed by atoms with E-state index < -0.39 is 17.7 Å². The van der Waals surface area contributed by atoms with Crippen molar-refractivity contribution >= 4 is 0 Å². The van der Waals surface area contributed by atoms with Crippen molar-refractivity contribution in [3.8, 4) is 0 Å². The summed E-state index contributed by atoms with van der Waals surface area (Å²) in [6.07, 6.45) is 1.24. The van der Waals surface area contributed by atoms with Crippen LogP contribution < -0.4 is 5.73 Å². The fraction of sp³-hybridized carbons (Fsp3) is 0.438. The second kappa shape index (κ2) is 5.93. The number of nitrogens with zero attached hydrogens (tertiary/aromatic N) is 2. The predicted octanol–water partition coefficient (Wildman–Crippen LogP) is 3.26. The van der Waals surface area contributed by atoms with E-state index in [9.17, 15) is 8.78 Å². The highest BCUT2D eigenvalue weighted by Crippen LogP contribution is 2.24. The van der Waals surface area contributed by atoms with E-state index in [2.05, 4.69) is 5.10 Å². The van der Waals surface area contributed by atoms with Crippen LogP contribution in [0.3, 0.4) is 0 Å². The highest BCUT2D eigenvalue weighted by Gasteiger charge is 2.18. The van der Waals surface area contributed by atoms with Gasteiger partial charge in [-0.1, -0.05) is 12.1 Å². The van der Waals surface area contributed by atoms with Crippen molar-refractivity contribution in [2.75, 3.05) is 0 Å². The van der Waals surface area contributed by atoms with Crippen molar-refractivity contribution in [3.05, 3.63) is 51.8 Å². The third kappa shape index (κ3) is 2.97. The Hall–Kier alpha value is -1.75. The maximum absolute atomic E-state index is 13.9. The second-order valence-corrected chi connectivity index (χ2v) is 5.52. The fourth-order valence-corrected chi connectivity index (χ4v) is 2.58. The zero-order valence-corrected chi connectivity index (χ0v) is 12.9. The van der Waals surface area contributed by atoms with Gasteiger partial charge in [-0.3, -0.25) is 4.68 Å². The molecule has 0 amide bonds. The number of halogens is 2. The summed E-state index contributed by atoms with van der Waals surface area (Å²) in [6.45, 7) is 5.48. The van der Waals surface area contributed by atoms with Gasteiger partial charge in [0.2, 0.25) is 0 Å². The molecule has 0 radical (unpaired) electrons. The Labute approximate surface area is 123 Å². The van der Waals surface area contributed by atoms with Crippen LogP contribution >= 0.6 is 0 Å². The van der Waals surface area contributed by atoms with Gasteiger partial charge in [0, 0.05) is 24.3 Å². The Kier molecular flexibility index (Phi) is 4.42. The van der Waals surface area contributed by atoms with E-state index in [4.69, 9.17) is 5.73 Å². The SMILES string of the molecule is Cc1ccc(C(N)CCc2c(C)nn(C)c2C)c(F)c1F. The van der Waals surface area contributed by atoms with Crippen molar-refractivity contribution in [1.29, 1.82) is 0 Å². The summed E-state index contributed by atoms with van der Waals surface area (Å²) in [7, 11) is 1.89. The summed E-state index contributed by atoms with van der Waals surface area (Å²) in [4.78, 5) is 0. The van der Waals surface area contributed by atoms with Crippen LogP contribution in [0.4, 0.5) is 8.78 Å². The summed E-state index contributed by atoms with van der Waals surface area (Å²) in [5.41, 5.74) is 9.72. The molecule has 0 saturated carbocycles. The quantitative estimate of drug-likeness (QED) is 0.940. The average molecular weight is 293 g/mol. The first-order valence-corrected chi connectivity index (χ1v) is 7.02. The van der Waals surface area contributed by atoms with E-state index >= 15 is 0 Å². The predicted molar refractivity (Wildman–Crippen MR) is 79.0 cm³/mol. The van der Waals surface area contributed by atoms with E-state index in [1.807, 2.05) is 25.6 Å². The second-order valence-electron chi connectivity index (χ2n) is 5.52. The highest BCUT2D eigenvalue weighted by molar-refractivity contribution is 5.29. The van der Waals surface area contributed by atoms with Gasteiger partial charge >= 0.3 is 0 Å². The molecule has 1 aromatic carbocycles. The number of benzene rings is 1. The van der Waals surface area contributed by atoms with Crippen LogP contribution in [0.2, 0.25) is 0 Å². The lowest BCUT2D eigenvalue weighted by molar-refractivity contribution is 0.479. The maximum atomic E-state index is 13.9. The molecule has 1 unspecified atom stereocenters. The zero-order valence-electron chi connectivity index (χ0n) is 12.9. The minimum absolute atomic E-state index is 0.234. The first-order valence-electron chi connectivity index (χ1n) is 7.02.